The number of nitrogens with zero attached hydrogens (tertiary/aromatic N) is 1. The minimum absolute atomic E-state index is 0.0375. The Morgan fingerprint density at radius 3 is 3.03 bits per heavy atom. The second kappa shape index (κ2) is 8.15. The summed E-state index contributed by atoms with van der Waals surface area (Å²) in [4.78, 5) is 31.5. The van der Waals surface area contributed by atoms with Crippen LogP contribution in [0.5, 0.6) is 0 Å². The number of likely N-dealkylation sites (tertiary alicyclic amines) is 1. The second-order valence-electron chi connectivity index (χ2n) is 9.12. The summed E-state index contributed by atoms with van der Waals surface area (Å²) < 4.78 is 6.23. The van der Waals surface area contributed by atoms with Crippen LogP contribution in [0.25, 0.3) is 10.9 Å². The van der Waals surface area contributed by atoms with Crippen LogP contribution in [0.1, 0.15) is 38.2 Å². The van der Waals surface area contributed by atoms with E-state index in [0.29, 0.717) is 19.6 Å². The first kappa shape index (κ1) is 20.3. The fraction of sp³-hybridized carbons (Fsp3) is 0.520. The predicted molar refractivity (Wildman–Crippen MR) is 119 cm³/mol. The molecule has 1 spiro atoms. The maximum atomic E-state index is 13.3. The Kier molecular flexibility index (Phi) is 5.34. The van der Waals surface area contributed by atoms with Gasteiger partial charge in [0.25, 0.3) is 0 Å². The molecule has 2 N–H and O–H groups in total. The van der Waals surface area contributed by atoms with E-state index in [-0.39, 0.29) is 17.9 Å². The second-order valence-corrected chi connectivity index (χ2v) is 9.12. The first-order valence-electron chi connectivity index (χ1n) is 11.6. The van der Waals surface area contributed by atoms with Crippen molar-refractivity contribution in [3.8, 4) is 0 Å². The lowest BCUT2D eigenvalue weighted by atomic mass is 9.77. The lowest BCUT2D eigenvalue weighted by Gasteiger charge is -2.23. The summed E-state index contributed by atoms with van der Waals surface area (Å²) in [6, 6.07) is 8.22. The normalized spacial score (nSPS) is 28.6. The van der Waals surface area contributed by atoms with Gasteiger partial charge >= 0.3 is 0 Å². The zero-order valence-corrected chi connectivity index (χ0v) is 18.1. The number of ether oxygens (including phenoxy) is 1. The van der Waals surface area contributed by atoms with Crippen LogP contribution < -0.4 is 5.32 Å². The van der Waals surface area contributed by atoms with Crippen LogP contribution in [0.4, 0.5) is 0 Å². The van der Waals surface area contributed by atoms with Gasteiger partial charge in [0, 0.05) is 30.2 Å². The maximum absolute atomic E-state index is 13.3. The van der Waals surface area contributed by atoms with Gasteiger partial charge in [-0.1, -0.05) is 56.5 Å². The number of fused-ring (bicyclic) bond motifs is 2. The molecule has 2 amide bonds. The number of rotatable bonds is 9. The summed E-state index contributed by atoms with van der Waals surface area (Å²) in [5.74, 6) is -0.801. The minimum Gasteiger partial charge on any atom is -0.361 e. The molecule has 6 nitrogen and oxygen atoms in total. The van der Waals surface area contributed by atoms with Crippen molar-refractivity contribution in [2.24, 2.45) is 11.8 Å². The number of unbranched alkanes of at least 4 members (excludes halogenated alkanes) is 3. The molecular weight excluding hydrogens is 390 g/mol. The van der Waals surface area contributed by atoms with Crippen LogP contribution in [0.15, 0.2) is 42.6 Å². The largest absolute Gasteiger partial charge is 0.361 e. The SMILES string of the molecule is CCCCCCNC(=O)[C@@H]1[C@@H]2C=C[C@]3(CN(CCc4c[nH]c5ccccc45)C(=O)[C@H]13)O2. The molecule has 1 aromatic carbocycles. The molecule has 0 aliphatic carbocycles. The molecule has 31 heavy (non-hydrogen) atoms. The standard InChI is InChI=1S/C25H31N3O3/c1-2-3-4-7-13-26-23(29)21-20-10-12-25(31-20)16-28(24(30)22(21)25)14-11-17-15-27-19-9-6-5-8-18(17)19/h5-6,8-10,12,15,20-22,27H,2-4,7,11,13-14,16H2,1H3,(H,26,29)/t20-,21+,22-,25+/m0/s1. The number of carbonyl (C=O) groups excluding carboxylic acids is 2. The molecule has 5 rings (SSSR count). The highest BCUT2D eigenvalue weighted by molar-refractivity contribution is 5.93. The van der Waals surface area contributed by atoms with Gasteiger partial charge in [0.05, 0.1) is 24.5 Å². The number of benzene rings is 1. The Balaban J connectivity index is 1.24. The summed E-state index contributed by atoms with van der Waals surface area (Å²) in [5, 5.41) is 4.26. The predicted octanol–water partition coefficient (Wildman–Crippen LogP) is 3.19. The zero-order valence-electron chi connectivity index (χ0n) is 18.1. The van der Waals surface area contributed by atoms with Crippen LogP contribution in [-0.2, 0) is 20.7 Å². The first-order valence-corrected chi connectivity index (χ1v) is 11.6. The Morgan fingerprint density at radius 1 is 1.29 bits per heavy atom. The average Bonchev–Trinajstić information content (AvgIpc) is 3.52. The molecule has 2 saturated heterocycles. The van der Waals surface area contributed by atoms with Gasteiger partial charge in [-0.25, -0.2) is 0 Å². The van der Waals surface area contributed by atoms with Crippen molar-refractivity contribution < 1.29 is 14.3 Å². The van der Waals surface area contributed by atoms with Crippen molar-refractivity contribution in [3.05, 3.63) is 48.2 Å². The zero-order chi connectivity index (χ0) is 21.4. The molecule has 3 aliphatic heterocycles. The summed E-state index contributed by atoms with van der Waals surface area (Å²) in [6.07, 6.45) is 11.0. The van der Waals surface area contributed by atoms with Gasteiger partial charge in [0.1, 0.15) is 5.60 Å². The van der Waals surface area contributed by atoms with E-state index >= 15 is 0 Å². The maximum Gasteiger partial charge on any atom is 0.230 e. The van der Waals surface area contributed by atoms with Gasteiger partial charge in [-0.15, -0.1) is 0 Å². The number of amides is 2. The van der Waals surface area contributed by atoms with Crippen molar-refractivity contribution in [2.75, 3.05) is 19.6 Å². The van der Waals surface area contributed by atoms with Crippen LogP contribution in [0.3, 0.4) is 0 Å². The smallest absolute Gasteiger partial charge is 0.230 e. The number of para-hydroxylation sites is 1. The van der Waals surface area contributed by atoms with Gasteiger partial charge in [-0.2, -0.15) is 0 Å². The van der Waals surface area contributed by atoms with E-state index in [0.717, 1.165) is 24.8 Å². The molecule has 0 unspecified atom stereocenters. The Bertz CT molecular complexity index is 1010. The van der Waals surface area contributed by atoms with Gasteiger partial charge in [-0.05, 0) is 24.5 Å². The van der Waals surface area contributed by atoms with Crippen LogP contribution in [0, 0.1) is 11.8 Å². The van der Waals surface area contributed by atoms with Crippen LogP contribution >= 0.6 is 0 Å². The quantitative estimate of drug-likeness (QED) is 0.482. The van der Waals surface area contributed by atoms with Crippen LogP contribution in [-0.4, -0.2) is 53.0 Å². The molecule has 6 heteroatoms. The third kappa shape index (κ3) is 3.47. The lowest BCUT2D eigenvalue weighted by molar-refractivity contribution is -0.137. The van der Waals surface area contributed by atoms with Crippen molar-refractivity contribution in [2.45, 2.75) is 50.7 Å². The molecular formula is C25H31N3O3. The molecule has 164 valence electrons. The number of aromatic amines is 1. The van der Waals surface area contributed by atoms with Gasteiger partial charge in [-0.3, -0.25) is 9.59 Å². The highest BCUT2D eigenvalue weighted by Gasteiger charge is 2.66. The topological polar surface area (TPSA) is 74.4 Å². The molecule has 2 bridgehead atoms. The summed E-state index contributed by atoms with van der Waals surface area (Å²) in [7, 11) is 0. The van der Waals surface area contributed by atoms with Gasteiger partial charge in [0.15, 0.2) is 0 Å². The highest BCUT2D eigenvalue weighted by atomic mass is 16.5. The number of hydrogen-bond acceptors (Lipinski definition) is 3. The Labute approximate surface area is 183 Å². The molecule has 4 atom stereocenters. The van der Waals surface area contributed by atoms with E-state index < -0.39 is 17.4 Å². The van der Waals surface area contributed by atoms with E-state index in [2.05, 4.69) is 29.4 Å². The summed E-state index contributed by atoms with van der Waals surface area (Å²) in [5.41, 5.74) is 1.69. The van der Waals surface area contributed by atoms with Crippen molar-refractivity contribution in [3.63, 3.8) is 0 Å². The summed E-state index contributed by atoms with van der Waals surface area (Å²) in [6.45, 7) is 4.01. The Morgan fingerprint density at radius 2 is 2.16 bits per heavy atom. The van der Waals surface area contributed by atoms with E-state index in [9.17, 15) is 9.59 Å². The van der Waals surface area contributed by atoms with Gasteiger partial charge in [0.2, 0.25) is 11.8 Å². The third-order valence-electron chi connectivity index (χ3n) is 7.14. The number of hydrogen-bond donors (Lipinski definition) is 2. The third-order valence-corrected chi connectivity index (χ3v) is 7.14. The molecule has 3 aliphatic rings. The fourth-order valence-corrected chi connectivity index (χ4v) is 5.54. The fourth-order valence-electron chi connectivity index (χ4n) is 5.54. The van der Waals surface area contributed by atoms with Crippen molar-refractivity contribution in [1.82, 2.24) is 15.2 Å². The number of aromatic nitrogens is 1. The monoisotopic (exact) mass is 421 g/mol. The highest BCUT2D eigenvalue weighted by Crippen LogP contribution is 2.51. The molecule has 4 heterocycles. The van der Waals surface area contributed by atoms with E-state index in [1.165, 1.54) is 23.8 Å². The molecule has 2 fully saturated rings. The van der Waals surface area contributed by atoms with E-state index in [1.807, 2.05) is 35.4 Å². The first-order chi connectivity index (χ1) is 15.1. The van der Waals surface area contributed by atoms with Crippen molar-refractivity contribution in [1.29, 1.82) is 0 Å². The average molecular weight is 422 g/mol. The van der Waals surface area contributed by atoms with Gasteiger partial charge < -0.3 is 19.9 Å². The molecule has 1 aromatic heterocycles. The van der Waals surface area contributed by atoms with Crippen LogP contribution in [0.2, 0.25) is 0 Å². The number of H-pyrrole nitrogens is 1. The number of nitrogens with one attached hydrogen (secondary N) is 2. The molecule has 2 aromatic rings. The van der Waals surface area contributed by atoms with E-state index in [1.54, 1.807) is 0 Å². The minimum atomic E-state index is -0.633. The number of carbonyl (C=O) groups is 2. The van der Waals surface area contributed by atoms with Crippen molar-refractivity contribution >= 4 is 22.7 Å². The molecule has 0 radical (unpaired) electrons. The van der Waals surface area contributed by atoms with E-state index in [4.69, 9.17) is 4.74 Å². The lowest BCUT2D eigenvalue weighted by Crippen LogP contribution is -2.44. The molecule has 0 saturated carbocycles. The Hall–Kier alpha value is -2.60. The summed E-state index contributed by atoms with van der Waals surface area (Å²) >= 11 is 0.